The van der Waals surface area contributed by atoms with E-state index < -0.39 is 0 Å². The molecule has 0 radical (unpaired) electrons. The molecule has 2 aromatic heterocycles. The summed E-state index contributed by atoms with van der Waals surface area (Å²) in [5, 5.41) is 8.26. The largest absolute Gasteiger partial charge is 0.497 e. The number of hydrogen-bond acceptors (Lipinski definition) is 6. The van der Waals surface area contributed by atoms with E-state index in [9.17, 15) is 4.79 Å². The predicted octanol–water partition coefficient (Wildman–Crippen LogP) is 5.36. The lowest BCUT2D eigenvalue weighted by Gasteiger charge is -2.12. The SMILES string of the molecule is COc1ccc(/C=N\N(C(=O)c2cccs2)c2nc3ccc(C)cc3s2)cc1. The van der Waals surface area contributed by atoms with Crippen LogP contribution in [0.3, 0.4) is 0 Å². The lowest BCUT2D eigenvalue weighted by Crippen LogP contribution is -2.24. The molecule has 4 rings (SSSR count). The fourth-order valence-corrected chi connectivity index (χ4v) is 4.29. The quantitative estimate of drug-likeness (QED) is 0.331. The van der Waals surface area contributed by atoms with Gasteiger partial charge in [-0.2, -0.15) is 10.1 Å². The zero-order valence-corrected chi connectivity index (χ0v) is 17.0. The molecule has 0 aliphatic heterocycles. The molecule has 4 aromatic rings. The third kappa shape index (κ3) is 3.81. The third-order valence-corrected chi connectivity index (χ3v) is 5.93. The van der Waals surface area contributed by atoms with Crippen LogP contribution in [-0.4, -0.2) is 24.2 Å². The minimum atomic E-state index is -0.199. The number of methoxy groups -OCH3 is 1. The van der Waals surface area contributed by atoms with Gasteiger partial charge in [0.2, 0.25) is 5.13 Å². The molecule has 0 N–H and O–H groups in total. The second-order valence-electron chi connectivity index (χ2n) is 6.08. The van der Waals surface area contributed by atoms with Gasteiger partial charge < -0.3 is 4.74 Å². The molecule has 2 aromatic carbocycles. The van der Waals surface area contributed by atoms with Gasteiger partial charge in [-0.3, -0.25) is 4.79 Å². The molecule has 0 unspecified atom stereocenters. The van der Waals surface area contributed by atoms with Crippen molar-refractivity contribution in [3.8, 4) is 5.75 Å². The number of hydrazone groups is 1. The average molecular weight is 408 g/mol. The van der Waals surface area contributed by atoms with Gasteiger partial charge in [0.25, 0.3) is 5.91 Å². The Balaban J connectivity index is 1.72. The highest BCUT2D eigenvalue weighted by molar-refractivity contribution is 7.22. The number of carbonyl (C=O) groups is 1. The van der Waals surface area contributed by atoms with Gasteiger partial charge in [-0.25, -0.2) is 4.98 Å². The van der Waals surface area contributed by atoms with Crippen LogP contribution in [0.5, 0.6) is 5.75 Å². The Morgan fingerprint density at radius 3 is 2.71 bits per heavy atom. The summed E-state index contributed by atoms with van der Waals surface area (Å²) in [6.07, 6.45) is 1.66. The van der Waals surface area contributed by atoms with E-state index in [1.54, 1.807) is 19.4 Å². The van der Waals surface area contributed by atoms with Crippen LogP contribution in [0.25, 0.3) is 10.2 Å². The second-order valence-corrected chi connectivity index (χ2v) is 8.04. The van der Waals surface area contributed by atoms with Crippen LogP contribution in [0.1, 0.15) is 20.8 Å². The number of carbonyl (C=O) groups excluding carboxylic acids is 1. The summed E-state index contributed by atoms with van der Waals surface area (Å²) < 4.78 is 6.21. The number of benzene rings is 2. The summed E-state index contributed by atoms with van der Waals surface area (Å²) >= 11 is 2.84. The van der Waals surface area contributed by atoms with Crippen molar-refractivity contribution in [2.45, 2.75) is 6.92 Å². The minimum absolute atomic E-state index is 0.199. The first-order valence-corrected chi connectivity index (χ1v) is 10.3. The highest BCUT2D eigenvalue weighted by Gasteiger charge is 2.21. The van der Waals surface area contributed by atoms with E-state index in [2.05, 4.69) is 16.2 Å². The molecule has 0 spiro atoms. The van der Waals surface area contributed by atoms with Gasteiger partial charge >= 0.3 is 0 Å². The van der Waals surface area contributed by atoms with E-state index in [4.69, 9.17) is 4.74 Å². The van der Waals surface area contributed by atoms with Gasteiger partial charge in [-0.15, -0.1) is 11.3 Å². The number of anilines is 1. The Bertz CT molecular complexity index is 1130. The van der Waals surface area contributed by atoms with Crippen molar-refractivity contribution in [3.05, 3.63) is 76.0 Å². The van der Waals surface area contributed by atoms with Crippen molar-refractivity contribution in [1.82, 2.24) is 4.98 Å². The first kappa shape index (κ1) is 18.3. The number of fused-ring (bicyclic) bond motifs is 1. The van der Waals surface area contributed by atoms with Crippen molar-refractivity contribution >= 4 is 50.1 Å². The maximum Gasteiger partial charge on any atom is 0.290 e. The topological polar surface area (TPSA) is 54.8 Å². The van der Waals surface area contributed by atoms with Gasteiger partial charge in [0.05, 0.1) is 28.4 Å². The highest BCUT2D eigenvalue weighted by Crippen LogP contribution is 2.31. The van der Waals surface area contributed by atoms with Gasteiger partial charge in [0, 0.05) is 0 Å². The molecule has 0 aliphatic carbocycles. The van der Waals surface area contributed by atoms with Crippen LogP contribution in [0.15, 0.2) is 65.1 Å². The maximum absolute atomic E-state index is 13.0. The summed E-state index contributed by atoms with van der Waals surface area (Å²) in [5.74, 6) is 0.570. The third-order valence-electron chi connectivity index (χ3n) is 4.08. The molecule has 0 saturated heterocycles. The number of amides is 1. The zero-order valence-electron chi connectivity index (χ0n) is 15.3. The Kier molecular flexibility index (Phi) is 5.18. The first-order chi connectivity index (χ1) is 13.6. The van der Waals surface area contributed by atoms with E-state index in [0.29, 0.717) is 10.0 Å². The number of aryl methyl sites for hydroxylation is 1. The molecule has 1 amide bonds. The van der Waals surface area contributed by atoms with Crippen LogP contribution in [-0.2, 0) is 0 Å². The number of hydrogen-bond donors (Lipinski definition) is 0. The molecular formula is C21H17N3O2S2. The summed E-state index contributed by atoms with van der Waals surface area (Å²) in [6, 6.07) is 17.2. The molecule has 0 aliphatic rings. The molecule has 7 heteroatoms. The van der Waals surface area contributed by atoms with Crippen LogP contribution < -0.4 is 9.75 Å². The van der Waals surface area contributed by atoms with Gasteiger partial charge in [-0.1, -0.05) is 23.5 Å². The van der Waals surface area contributed by atoms with Crippen molar-refractivity contribution in [2.24, 2.45) is 5.10 Å². The number of thiophene rings is 1. The number of nitrogens with zero attached hydrogens (tertiary/aromatic N) is 3. The van der Waals surface area contributed by atoms with Gasteiger partial charge in [0.15, 0.2) is 0 Å². The van der Waals surface area contributed by atoms with Crippen LogP contribution in [0.2, 0.25) is 0 Å². The minimum Gasteiger partial charge on any atom is -0.497 e. The lowest BCUT2D eigenvalue weighted by molar-refractivity contribution is 0.0991. The Morgan fingerprint density at radius 1 is 1.18 bits per heavy atom. The van der Waals surface area contributed by atoms with Crippen molar-refractivity contribution in [1.29, 1.82) is 0 Å². The van der Waals surface area contributed by atoms with Crippen LogP contribution >= 0.6 is 22.7 Å². The number of ether oxygens (including phenoxy) is 1. The Hall–Kier alpha value is -3.03. The Labute approximate surface area is 170 Å². The average Bonchev–Trinajstić information content (AvgIpc) is 3.38. The van der Waals surface area contributed by atoms with E-state index in [1.165, 1.54) is 27.7 Å². The smallest absolute Gasteiger partial charge is 0.290 e. The predicted molar refractivity (Wildman–Crippen MR) is 116 cm³/mol. The highest BCUT2D eigenvalue weighted by atomic mass is 32.1. The fraction of sp³-hybridized carbons (Fsp3) is 0.0952. The zero-order chi connectivity index (χ0) is 19.5. The molecule has 0 bridgehead atoms. The summed E-state index contributed by atoms with van der Waals surface area (Å²) in [6.45, 7) is 2.04. The van der Waals surface area contributed by atoms with Gasteiger partial charge in [0.1, 0.15) is 5.75 Å². The standard InChI is InChI=1S/C21H17N3O2S2/c1-14-5-10-17-19(12-14)28-21(23-17)24(20(25)18-4-3-11-27-18)22-13-15-6-8-16(26-2)9-7-15/h3-13H,1-2H3/b22-13-. The van der Waals surface area contributed by atoms with Crippen molar-refractivity contribution in [2.75, 3.05) is 12.1 Å². The monoisotopic (exact) mass is 407 g/mol. The molecule has 140 valence electrons. The van der Waals surface area contributed by atoms with E-state index in [0.717, 1.165) is 27.1 Å². The number of aromatic nitrogens is 1. The van der Waals surface area contributed by atoms with E-state index in [-0.39, 0.29) is 5.91 Å². The molecule has 28 heavy (non-hydrogen) atoms. The molecule has 0 atom stereocenters. The van der Waals surface area contributed by atoms with E-state index in [1.807, 2.05) is 54.8 Å². The second kappa shape index (κ2) is 7.92. The number of rotatable bonds is 5. The van der Waals surface area contributed by atoms with Crippen LogP contribution in [0, 0.1) is 6.92 Å². The fourth-order valence-electron chi connectivity index (χ4n) is 2.62. The summed E-state index contributed by atoms with van der Waals surface area (Å²) in [5.41, 5.74) is 2.87. The molecular weight excluding hydrogens is 390 g/mol. The van der Waals surface area contributed by atoms with E-state index >= 15 is 0 Å². The summed E-state index contributed by atoms with van der Waals surface area (Å²) in [7, 11) is 1.62. The maximum atomic E-state index is 13.0. The lowest BCUT2D eigenvalue weighted by atomic mass is 10.2. The number of thiazole rings is 1. The molecule has 0 fully saturated rings. The van der Waals surface area contributed by atoms with Crippen LogP contribution in [0.4, 0.5) is 5.13 Å². The first-order valence-electron chi connectivity index (χ1n) is 8.57. The van der Waals surface area contributed by atoms with Crippen molar-refractivity contribution in [3.63, 3.8) is 0 Å². The van der Waals surface area contributed by atoms with Crippen molar-refractivity contribution < 1.29 is 9.53 Å². The summed E-state index contributed by atoms with van der Waals surface area (Å²) in [4.78, 5) is 18.3. The molecule has 0 saturated carbocycles. The Morgan fingerprint density at radius 2 is 2.00 bits per heavy atom. The van der Waals surface area contributed by atoms with Gasteiger partial charge in [-0.05, 0) is 65.9 Å². The normalized spacial score (nSPS) is 11.2. The molecule has 2 heterocycles. The molecule has 5 nitrogen and oxygen atoms in total.